The van der Waals surface area contributed by atoms with Crippen LogP contribution in [0.3, 0.4) is 0 Å². The van der Waals surface area contributed by atoms with E-state index in [9.17, 15) is 13.2 Å². The summed E-state index contributed by atoms with van der Waals surface area (Å²) in [6.45, 7) is 4.37. The second-order valence-corrected chi connectivity index (χ2v) is 8.44. The summed E-state index contributed by atoms with van der Waals surface area (Å²) < 4.78 is 41.1. The van der Waals surface area contributed by atoms with E-state index in [0.29, 0.717) is 11.5 Å². The molecule has 2 fully saturated rings. The summed E-state index contributed by atoms with van der Waals surface area (Å²) in [7, 11) is 0. The minimum absolute atomic E-state index is 0.0676. The zero-order chi connectivity index (χ0) is 18.0. The van der Waals surface area contributed by atoms with Crippen molar-refractivity contribution in [2.45, 2.75) is 84.0 Å². The number of hydrogen-bond donors (Lipinski definition) is 0. The zero-order valence-corrected chi connectivity index (χ0v) is 15.6. The molecule has 140 valence electrons. The fraction of sp³-hybridized carbons (Fsp3) is 0.727. The van der Waals surface area contributed by atoms with Crippen molar-refractivity contribution < 1.29 is 13.2 Å². The summed E-state index contributed by atoms with van der Waals surface area (Å²) in [5, 5.41) is 0. The molecule has 1 aromatic rings. The minimum Gasteiger partial charge on any atom is -0.204 e. The summed E-state index contributed by atoms with van der Waals surface area (Å²) in [6, 6.07) is 2.47. The second-order valence-electron chi connectivity index (χ2n) is 8.44. The van der Waals surface area contributed by atoms with Gasteiger partial charge in [-0.1, -0.05) is 39.5 Å². The van der Waals surface area contributed by atoms with Crippen LogP contribution in [0.5, 0.6) is 0 Å². The Morgan fingerprint density at radius 1 is 0.960 bits per heavy atom. The van der Waals surface area contributed by atoms with Crippen LogP contribution >= 0.6 is 0 Å². The Balaban J connectivity index is 1.93. The van der Waals surface area contributed by atoms with Crippen molar-refractivity contribution in [2.24, 2.45) is 17.3 Å². The molecule has 3 heteroatoms. The maximum absolute atomic E-state index is 13.8. The van der Waals surface area contributed by atoms with Crippen molar-refractivity contribution >= 4 is 0 Å². The molecule has 1 aromatic carbocycles. The van der Waals surface area contributed by atoms with Gasteiger partial charge in [0.25, 0.3) is 0 Å². The van der Waals surface area contributed by atoms with Crippen LogP contribution in [0, 0.1) is 34.7 Å². The Kier molecular flexibility index (Phi) is 5.80. The predicted molar refractivity (Wildman–Crippen MR) is 96.0 cm³/mol. The fourth-order valence-electron chi connectivity index (χ4n) is 5.65. The first-order valence-corrected chi connectivity index (χ1v) is 10.1. The molecule has 25 heavy (non-hydrogen) atoms. The lowest BCUT2D eigenvalue weighted by molar-refractivity contribution is 0.0248. The van der Waals surface area contributed by atoms with Crippen molar-refractivity contribution in [2.75, 3.05) is 0 Å². The first kappa shape index (κ1) is 18.8. The van der Waals surface area contributed by atoms with Gasteiger partial charge < -0.3 is 0 Å². The lowest BCUT2D eigenvalue weighted by Crippen LogP contribution is -2.40. The molecule has 0 aliphatic heterocycles. The normalized spacial score (nSPS) is 29.6. The molecule has 0 N–H and O–H groups in total. The van der Waals surface area contributed by atoms with E-state index in [-0.39, 0.29) is 11.3 Å². The second kappa shape index (κ2) is 7.72. The van der Waals surface area contributed by atoms with Gasteiger partial charge in [0.05, 0.1) is 0 Å². The largest absolute Gasteiger partial charge is 0.204 e. The minimum atomic E-state index is -1.35. The highest BCUT2D eigenvalue weighted by Gasteiger charge is 2.46. The van der Waals surface area contributed by atoms with Gasteiger partial charge in [-0.15, -0.1) is 0 Å². The van der Waals surface area contributed by atoms with E-state index in [1.54, 1.807) is 0 Å². The first-order valence-electron chi connectivity index (χ1n) is 10.1. The van der Waals surface area contributed by atoms with Crippen molar-refractivity contribution in [3.63, 3.8) is 0 Å². The van der Waals surface area contributed by atoms with Crippen LogP contribution in [0.2, 0.25) is 0 Å². The fourth-order valence-corrected chi connectivity index (χ4v) is 5.65. The van der Waals surface area contributed by atoms with Gasteiger partial charge >= 0.3 is 0 Å². The Bertz CT molecular complexity index is 558. The molecule has 0 heterocycles. The lowest BCUT2D eigenvalue weighted by atomic mass is 9.54. The van der Waals surface area contributed by atoms with Crippen molar-refractivity contribution in [3.8, 4) is 0 Å². The molecule has 2 saturated carbocycles. The number of halogens is 3. The average molecular weight is 352 g/mol. The zero-order valence-electron chi connectivity index (χ0n) is 15.6. The van der Waals surface area contributed by atoms with Gasteiger partial charge in [-0.05, 0) is 79.4 Å². The van der Waals surface area contributed by atoms with E-state index in [1.807, 2.05) is 0 Å². The Hall–Kier alpha value is -0.990. The van der Waals surface area contributed by atoms with Crippen LogP contribution in [-0.2, 0) is 0 Å². The van der Waals surface area contributed by atoms with Crippen LogP contribution in [-0.4, -0.2) is 0 Å². The summed E-state index contributed by atoms with van der Waals surface area (Å²) in [4.78, 5) is 0. The van der Waals surface area contributed by atoms with Gasteiger partial charge in [0.2, 0.25) is 0 Å². The molecular formula is C22H31F3. The van der Waals surface area contributed by atoms with E-state index in [1.165, 1.54) is 63.5 Å². The topological polar surface area (TPSA) is 0 Å². The summed E-state index contributed by atoms with van der Waals surface area (Å²) in [5.74, 6) is -1.98. The van der Waals surface area contributed by atoms with E-state index in [0.717, 1.165) is 18.8 Å². The molecule has 2 aliphatic carbocycles. The standard InChI is InChI=1S/C22H31F3/c1-3-16-9-11-22(12-10-16,18-7-5-4-6-8-18)15(2)17-13-19(23)21(25)20(24)14-17/h13-16,18H,3-12H2,1-2H3. The maximum atomic E-state index is 13.8. The first-order chi connectivity index (χ1) is 12.0. The Labute approximate surface area is 150 Å². The third kappa shape index (κ3) is 3.61. The van der Waals surface area contributed by atoms with Crippen LogP contribution in [0.25, 0.3) is 0 Å². The van der Waals surface area contributed by atoms with Crippen LogP contribution in [0.4, 0.5) is 13.2 Å². The van der Waals surface area contributed by atoms with Crippen LogP contribution in [0.15, 0.2) is 12.1 Å². The van der Waals surface area contributed by atoms with Gasteiger partial charge in [-0.3, -0.25) is 0 Å². The van der Waals surface area contributed by atoms with Crippen molar-refractivity contribution in [3.05, 3.63) is 35.1 Å². The molecule has 2 aliphatic rings. The third-order valence-corrected chi connectivity index (χ3v) is 7.40. The molecule has 0 radical (unpaired) electrons. The molecule has 0 amide bonds. The predicted octanol–water partition coefficient (Wildman–Crippen LogP) is 7.37. The van der Waals surface area contributed by atoms with Crippen LogP contribution in [0.1, 0.15) is 89.5 Å². The van der Waals surface area contributed by atoms with Gasteiger partial charge in [-0.25, -0.2) is 13.2 Å². The van der Waals surface area contributed by atoms with E-state index in [2.05, 4.69) is 13.8 Å². The third-order valence-electron chi connectivity index (χ3n) is 7.40. The highest BCUT2D eigenvalue weighted by atomic mass is 19.2. The quantitative estimate of drug-likeness (QED) is 0.496. The lowest BCUT2D eigenvalue weighted by Gasteiger charge is -2.51. The van der Waals surface area contributed by atoms with E-state index >= 15 is 0 Å². The van der Waals surface area contributed by atoms with E-state index in [4.69, 9.17) is 0 Å². The SMILES string of the molecule is CCC1CCC(C2CCCCC2)(C(C)c2cc(F)c(F)c(F)c2)CC1. The molecule has 0 aromatic heterocycles. The van der Waals surface area contributed by atoms with Crippen LogP contribution < -0.4 is 0 Å². The van der Waals surface area contributed by atoms with Gasteiger partial charge in [0, 0.05) is 0 Å². The molecule has 3 rings (SSSR count). The summed E-state index contributed by atoms with van der Waals surface area (Å²) in [5.41, 5.74) is 0.750. The van der Waals surface area contributed by atoms with Gasteiger partial charge in [0.15, 0.2) is 17.5 Å². The summed E-state index contributed by atoms with van der Waals surface area (Å²) in [6.07, 6.45) is 12.2. The highest BCUT2D eigenvalue weighted by Crippen LogP contribution is 2.57. The smallest absolute Gasteiger partial charge is 0.194 e. The monoisotopic (exact) mass is 352 g/mol. The molecule has 1 unspecified atom stereocenters. The number of benzene rings is 1. The molecule has 0 bridgehead atoms. The molecular weight excluding hydrogens is 321 g/mol. The Morgan fingerprint density at radius 2 is 1.52 bits per heavy atom. The molecule has 1 atom stereocenters. The summed E-state index contributed by atoms with van der Waals surface area (Å²) >= 11 is 0. The number of hydrogen-bond acceptors (Lipinski definition) is 0. The maximum Gasteiger partial charge on any atom is 0.194 e. The number of rotatable bonds is 4. The molecule has 0 spiro atoms. The average Bonchev–Trinajstić information content (AvgIpc) is 2.66. The van der Waals surface area contributed by atoms with E-state index < -0.39 is 17.5 Å². The van der Waals surface area contributed by atoms with Gasteiger partial charge in [-0.2, -0.15) is 0 Å². The van der Waals surface area contributed by atoms with Crippen molar-refractivity contribution in [1.29, 1.82) is 0 Å². The molecule has 0 saturated heterocycles. The van der Waals surface area contributed by atoms with Gasteiger partial charge in [0.1, 0.15) is 0 Å². The van der Waals surface area contributed by atoms with Crippen molar-refractivity contribution in [1.82, 2.24) is 0 Å². The Morgan fingerprint density at radius 3 is 2.04 bits per heavy atom. The highest BCUT2D eigenvalue weighted by molar-refractivity contribution is 5.25. The molecule has 0 nitrogen and oxygen atoms in total.